The van der Waals surface area contributed by atoms with Gasteiger partial charge < -0.3 is 4.98 Å². The molecule has 0 amide bonds. The molecule has 1 atom stereocenters. The number of hydrogen-bond donors (Lipinski definition) is 1. The highest BCUT2D eigenvalue weighted by Gasteiger charge is 2.25. The Labute approximate surface area is 146 Å². The molecule has 2 aromatic rings. The van der Waals surface area contributed by atoms with Crippen molar-refractivity contribution in [3.05, 3.63) is 39.5 Å². The molecule has 2 aromatic heterocycles. The van der Waals surface area contributed by atoms with E-state index in [-0.39, 0.29) is 16.8 Å². The maximum absolute atomic E-state index is 12.8. The molecule has 6 heteroatoms. The highest BCUT2D eigenvalue weighted by Crippen LogP contribution is 2.27. The molecule has 0 spiro atoms. The summed E-state index contributed by atoms with van der Waals surface area (Å²) in [7, 11) is 0. The lowest BCUT2D eigenvalue weighted by Gasteiger charge is -2.11. The van der Waals surface area contributed by atoms with Crippen LogP contribution in [0, 0.1) is 34.6 Å². The Bertz CT molecular complexity index is 801. The van der Waals surface area contributed by atoms with E-state index in [0.717, 1.165) is 28.2 Å². The van der Waals surface area contributed by atoms with Crippen LogP contribution in [-0.4, -0.2) is 31.8 Å². The van der Waals surface area contributed by atoms with E-state index in [9.17, 15) is 9.59 Å². The van der Waals surface area contributed by atoms with Gasteiger partial charge in [-0.1, -0.05) is 11.8 Å². The summed E-state index contributed by atoms with van der Waals surface area (Å²) in [6.45, 7) is 12.8. The molecular formula is C18H23N3O2S. The lowest BCUT2D eigenvalue weighted by Crippen LogP contribution is -2.16. The van der Waals surface area contributed by atoms with E-state index >= 15 is 0 Å². The smallest absolute Gasteiger partial charge is 0.192 e. The Hall–Kier alpha value is -1.95. The minimum atomic E-state index is -0.344. The van der Waals surface area contributed by atoms with Crippen molar-refractivity contribution in [3.63, 3.8) is 0 Å². The number of aromatic nitrogens is 3. The van der Waals surface area contributed by atoms with E-state index in [4.69, 9.17) is 0 Å². The Morgan fingerprint density at radius 1 is 1.00 bits per heavy atom. The van der Waals surface area contributed by atoms with Gasteiger partial charge in [-0.2, -0.15) is 0 Å². The highest BCUT2D eigenvalue weighted by atomic mass is 32.2. The molecule has 0 aliphatic carbocycles. The number of hydrogen-bond acceptors (Lipinski definition) is 5. The number of H-pyrrole nitrogens is 1. The van der Waals surface area contributed by atoms with E-state index in [2.05, 4.69) is 15.0 Å². The quantitative estimate of drug-likeness (QED) is 0.505. The minimum Gasteiger partial charge on any atom is -0.355 e. The van der Waals surface area contributed by atoms with Gasteiger partial charge in [-0.25, -0.2) is 9.97 Å². The predicted octanol–water partition coefficient (Wildman–Crippen LogP) is 3.91. The molecule has 2 rings (SSSR count). The van der Waals surface area contributed by atoms with Gasteiger partial charge in [-0.05, 0) is 59.6 Å². The SMILES string of the molecule is CC(=O)c1c(C)[nH]c(C(=O)[C@@H](C)Sc2nc(C)c(C)c(C)n2)c1C. The van der Waals surface area contributed by atoms with Gasteiger partial charge in [0.2, 0.25) is 0 Å². The molecule has 24 heavy (non-hydrogen) atoms. The van der Waals surface area contributed by atoms with Crippen LogP contribution < -0.4 is 0 Å². The number of ketones is 2. The summed E-state index contributed by atoms with van der Waals surface area (Å²) in [4.78, 5) is 36.5. The molecule has 0 aromatic carbocycles. The normalized spacial score (nSPS) is 12.3. The third-order valence-corrected chi connectivity index (χ3v) is 5.26. The number of aromatic amines is 1. The summed E-state index contributed by atoms with van der Waals surface area (Å²) in [5, 5.41) is 0.257. The molecular weight excluding hydrogens is 322 g/mol. The van der Waals surface area contributed by atoms with Gasteiger partial charge in [-0.3, -0.25) is 9.59 Å². The fraction of sp³-hybridized carbons (Fsp3) is 0.444. The van der Waals surface area contributed by atoms with Crippen LogP contribution in [0.25, 0.3) is 0 Å². The third-order valence-electron chi connectivity index (χ3n) is 4.30. The topological polar surface area (TPSA) is 75.7 Å². The fourth-order valence-corrected chi connectivity index (χ4v) is 3.65. The second-order valence-electron chi connectivity index (χ2n) is 6.11. The van der Waals surface area contributed by atoms with Gasteiger partial charge >= 0.3 is 0 Å². The van der Waals surface area contributed by atoms with E-state index in [1.165, 1.54) is 18.7 Å². The third kappa shape index (κ3) is 3.43. The van der Waals surface area contributed by atoms with E-state index in [1.54, 1.807) is 0 Å². The second-order valence-corrected chi connectivity index (χ2v) is 7.42. The van der Waals surface area contributed by atoms with Crippen molar-refractivity contribution < 1.29 is 9.59 Å². The van der Waals surface area contributed by atoms with Crippen molar-refractivity contribution in [2.24, 2.45) is 0 Å². The molecule has 0 fully saturated rings. The van der Waals surface area contributed by atoms with Gasteiger partial charge in [0.05, 0.1) is 10.9 Å². The van der Waals surface area contributed by atoms with Crippen LogP contribution in [0.1, 0.15) is 62.9 Å². The van der Waals surface area contributed by atoms with Gasteiger partial charge in [0.25, 0.3) is 0 Å². The largest absolute Gasteiger partial charge is 0.355 e. The summed E-state index contributed by atoms with van der Waals surface area (Å²) < 4.78 is 0. The molecule has 1 N–H and O–H groups in total. The molecule has 0 radical (unpaired) electrons. The van der Waals surface area contributed by atoms with Crippen molar-refractivity contribution in [3.8, 4) is 0 Å². The maximum Gasteiger partial charge on any atom is 0.192 e. The van der Waals surface area contributed by atoms with Crippen LogP contribution in [0.15, 0.2) is 5.16 Å². The van der Waals surface area contributed by atoms with Crippen LogP contribution >= 0.6 is 11.8 Å². The molecule has 0 saturated carbocycles. The zero-order valence-electron chi connectivity index (χ0n) is 15.2. The van der Waals surface area contributed by atoms with E-state index < -0.39 is 0 Å². The number of carbonyl (C=O) groups is 2. The van der Waals surface area contributed by atoms with Gasteiger partial charge in [-0.15, -0.1) is 0 Å². The first kappa shape index (κ1) is 18.4. The van der Waals surface area contributed by atoms with Crippen LogP contribution in [-0.2, 0) is 0 Å². The van der Waals surface area contributed by atoms with Gasteiger partial charge in [0.15, 0.2) is 16.7 Å². The fourth-order valence-electron chi connectivity index (χ4n) is 2.73. The van der Waals surface area contributed by atoms with E-state index in [1.807, 2.05) is 41.5 Å². The molecule has 2 heterocycles. The molecule has 0 saturated heterocycles. The highest BCUT2D eigenvalue weighted by molar-refractivity contribution is 8.00. The summed E-state index contributed by atoms with van der Waals surface area (Å²) in [6, 6.07) is 0. The van der Waals surface area contributed by atoms with Crippen LogP contribution in [0.5, 0.6) is 0 Å². The average Bonchev–Trinajstić information content (AvgIpc) is 2.78. The average molecular weight is 345 g/mol. The number of Topliss-reactive ketones (excluding diaryl/α,β-unsaturated/α-hetero) is 2. The van der Waals surface area contributed by atoms with Gasteiger partial charge in [0.1, 0.15) is 0 Å². The molecule has 5 nitrogen and oxygen atoms in total. The number of rotatable bonds is 5. The first-order valence-corrected chi connectivity index (χ1v) is 8.74. The van der Waals surface area contributed by atoms with Crippen molar-refractivity contribution in [1.82, 2.24) is 15.0 Å². The Morgan fingerprint density at radius 3 is 2.00 bits per heavy atom. The van der Waals surface area contributed by atoms with Crippen molar-refractivity contribution >= 4 is 23.3 Å². The molecule has 0 bridgehead atoms. The van der Waals surface area contributed by atoms with Crippen molar-refractivity contribution in [2.45, 2.75) is 58.9 Å². The Kier molecular flexibility index (Phi) is 5.28. The minimum absolute atomic E-state index is 0.0336. The number of nitrogens with one attached hydrogen (secondary N) is 1. The predicted molar refractivity (Wildman–Crippen MR) is 96.2 cm³/mol. The first-order chi connectivity index (χ1) is 11.1. The van der Waals surface area contributed by atoms with E-state index in [0.29, 0.717) is 16.4 Å². The number of carbonyl (C=O) groups excluding carboxylic acids is 2. The zero-order valence-corrected chi connectivity index (χ0v) is 16.0. The first-order valence-electron chi connectivity index (χ1n) is 7.86. The lowest BCUT2D eigenvalue weighted by atomic mass is 10.0. The summed E-state index contributed by atoms with van der Waals surface area (Å²) in [6.07, 6.45) is 0. The maximum atomic E-state index is 12.8. The lowest BCUT2D eigenvalue weighted by molar-refractivity contribution is 0.0988. The number of aryl methyl sites for hydroxylation is 3. The molecule has 0 aliphatic rings. The monoisotopic (exact) mass is 345 g/mol. The molecule has 128 valence electrons. The Balaban J connectivity index is 2.28. The summed E-state index contributed by atoms with van der Waals surface area (Å²) >= 11 is 1.34. The summed E-state index contributed by atoms with van der Waals surface area (Å²) in [5.74, 6) is -0.0821. The standard InChI is InChI=1S/C18H23N3O2S/c1-8-10(3)20-18(21-11(8)4)24-14(7)17(23)16-9(2)15(13(6)22)12(5)19-16/h14,19H,1-7H3/t14-/m1/s1. The molecule has 0 unspecified atom stereocenters. The van der Waals surface area contributed by atoms with Gasteiger partial charge in [0, 0.05) is 22.6 Å². The van der Waals surface area contributed by atoms with Crippen molar-refractivity contribution in [2.75, 3.05) is 0 Å². The number of nitrogens with zero attached hydrogens (tertiary/aromatic N) is 2. The molecule has 0 aliphatic heterocycles. The Morgan fingerprint density at radius 2 is 1.54 bits per heavy atom. The zero-order chi connectivity index (χ0) is 18.2. The van der Waals surface area contributed by atoms with Crippen LogP contribution in [0.3, 0.4) is 0 Å². The van der Waals surface area contributed by atoms with Crippen molar-refractivity contribution in [1.29, 1.82) is 0 Å². The number of thioether (sulfide) groups is 1. The summed E-state index contributed by atoms with van der Waals surface area (Å²) in [5.41, 5.74) is 5.48. The second kappa shape index (κ2) is 6.89. The van der Waals surface area contributed by atoms with Crippen LogP contribution in [0.2, 0.25) is 0 Å². The van der Waals surface area contributed by atoms with Crippen LogP contribution in [0.4, 0.5) is 0 Å².